The van der Waals surface area contributed by atoms with Crippen molar-refractivity contribution < 1.29 is 18.7 Å². The van der Waals surface area contributed by atoms with Gasteiger partial charge < -0.3 is 20.1 Å². The lowest BCUT2D eigenvalue weighted by atomic mass is 10.2. The molecule has 2 aromatic rings. The van der Waals surface area contributed by atoms with E-state index in [0.717, 1.165) is 0 Å². The van der Waals surface area contributed by atoms with Crippen LogP contribution in [0.15, 0.2) is 36.7 Å². The van der Waals surface area contributed by atoms with E-state index in [1.54, 1.807) is 29.1 Å². The lowest BCUT2D eigenvalue weighted by Gasteiger charge is -2.22. The Bertz CT molecular complexity index is 685. The fourth-order valence-corrected chi connectivity index (χ4v) is 2.35. The molecule has 0 aliphatic carbocycles. The van der Waals surface area contributed by atoms with Gasteiger partial charge in [0.25, 0.3) is 0 Å². The van der Waals surface area contributed by atoms with E-state index in [4.69, 9.17) is 9.47 Å². The normalized spacial score (nSPS) is 17.5. The maximum absolute atomic E-state index is 13.6. The van der Waals surface area contributed by atoms with Crippen LogP contribution in [-0.2, 0) is 16.0 Å². The molecule has 128 valence electrons. The number of urea groups is 1. The second kappa shape index (κ2) is 7.89. The number of nitrogens with zero attached hydrogens (tertiary/aromatic N) is 2. The SMILES string of the molecule is O=C(NC[C@@H]1COCCO1)Nc1cnn(Cc2ccccc2F)c1. The number of ether oxygens (including phenoxy) is 2. The molecule has 0 spiro atoms. The zero-order valence-electron chi connectivity index (χ0n) is 13.1. The average Bonchev–Trinajstić information content (AvgIpc) is 3.03. The number of hydrogen-bond acceptors (Lipinski definition) is 4. The van der Waals surface area contributed by atoms with Crippen molar-refractivity contribution in [3.63, 3.8) is 0 Å². The van der Waals surface area contributed by atoms with E-state index >= 15 is 0 Å². The number of carbonyl (C=O) groups is 1. The van der Waals surface area contributed by atoms with Gasteiger partial charge in [-0.05, 0) is 6.07 Å². The highest BCUT2D eigenvalue weighted by atomic mass is 19.1. The first-order valence-corrected chi connectivity index (χ1v) is 7.71. The predicted molar refractivity (Wildman–Crippen MR) is 85.3 cm³/mol. The molecule has 0 saturated carbocycles. The Morgan fingerprint density at radius 3 is 3.04 bits per heavy atom. The number of benzene rings is 1. The lowest BCUT2D eigenvalue weighted by Crippen LogP contribution is -2.41. The minimum absolute atomic E-state index is 0.131. The fraction of sp³-hybridized carbons (Fsp3) is 0.375. The third-order valence-corrected chi connectivity index (χ3v) is 3.56. The third kappa shape index (κ3) is 4.53. The molecule has 1 saturated heterocycles. The van der Waals surface area contributed by atoms with E-state index in [1.165, 1.54) is 12.3 Å². The molecule has 0 unspecified atom stereocenters. The molecule has 2 heterocycles. The van der Waals surface area contributed by atoms with Gasteiger partial charge in [-0.3, -0.25) is 4.68 Å². The van der Waals surface area contributed by atoms with E-state index in [-0.39, 0.29) is 18.0 Å². The number of amides is 2. The molecule has 8 heteroatoms. The topological polar surface area (TPSA) is 77.4 Å². The van der Waals surface area contributed by atoms with Crippen LogP contribution in [0.3, 0.4) is 0 Å². The molecule has 1 fully saturated rings. The number of rotatable bonds is 5. The van der Waals surface area contributed by atoms with Gasteiger partial charge in [-0.2, -0.15) is 5.10 Å². The highest BCUT2D eigenvalue weighted by Crippen LogP contribution is 2.11. The van der Waals surface area contributed by atoms with Crippen molar-refractivity contribution >= 4 is 11.7 Å². The standard InChI is InChI=1S/C16H19FN4O3/c17-15-4-2-1-3-12(15)9-21-10-13(7-19-21)20-16(22)18-8-14-11-23-5-6-24-14/h1-4,7,10,14H,5-6,8-9,11H2,(H2,18,20,22)/t14-/m1/s1. The van der Waals surface area contributed by atoms with Crippen LogP contribution in [0.2, 0.25) is 0 Å². The summed E-state index contributed by atoms with van der Waals surface area (Å²) in [6, 6.07) is 6.16. The monoisotopic (exact) mass is 334 g/mol. The van der Waals surface area contributed by atoms with Gasteiger partial charge in [0.05, 0.1) is 44.4 Å². The molecule has 0 bridgehead atoms. The molecule has 2 amide bonds. The summed E-state index contributed by atoms with van der Waals surface area (Å²) < 4.78 is 25.9. The van der Waals surface area contributed by atoms with Crippen molar-refractivity contribution in [1.29, 1.82) is 0 Å². The molecule has 1 aliphatic heterocycles. The number of hydrogen-bond donors (Lipinski definition) is 2. The van der Waals surface area contributed by atoms with E-state index in [2.05, 4.69) is 15.7 Å². The Kier molecular flexibility index (Phi) is 5.39. The molecular formula is C16H19FN4O3. The Balaban J connectivity index is 1.48. The number of halogens is 1. The van der Waals surface area contributed by atoms with E-state index in [1.807, 2.05) is 0 Å². The first-order chi connectivity index (χ1) is 11.7. The van der Waals surface area contributed by atoms with Crippen molar-refractivity contribution in [3.8, 4) is 0 Å². The molecule has 2 N–H and O–H groups in total. The molecular weight excluding hydrogens is 315 g/mol. The zero-order chi connectivity index (χ0) is 16.8. The van der Waals surface area contributed by atoms with Gasteiger partial charge in [-0.25, -0.2) is 9.18 Å². The van der Waals surface area contributed by atoms with Gasteiger partial charge in [0.15, 0.2) is 0 Å². The zero-order valence-corrected chi connectivity index (χ0v) is 13.1. The number of aromatic nitrogens is 2. The van der Waals surface area contributed by atoms with Crippen molar-refractivity contribution in [2.75, 3.05) is 31.7 Å². The minimum Gasteiger partial charge on any atom is -0.376 e. The van der Waals surface area contributed by atoms with E-state index < -0.39 is 0 Å². The van der Waals surface area contributed by atoms with Crippen LogP contribution in [0.5, 0.6) is 0 Å². The van der Waals surface area contributed by atoms with Crippen molar-refractivity contribution in [1.82, 2.24) is 15.1 Å². The van der Waals surface area contributed by atoms with Crippen molar-refractivity contribution in [2.45, 2.75) is 12.6 Å². The minimum atomic E-state index is -0.352. The van der Waals surface area contributed by atoms with Gasteiger partial charge in [0, 0.05) is 18.3 Å². The van der Waals surface area contributed by atoms with Gasteiger partial charge in [0.2, 0.25) is 0 Å². The third-order valence-electron chi connectivity index (χ3n) is 3.56. The first-order valence-electron chi connectivity index (χ1n) is 7.71. The van der Waals surface area contributed by atoms with E-state index in [0.29, 0.717) is 44.2 Å². The maximum atomic E-state index is 13.6. The summed E-state index contributed by atoms with van der Waals surface area (Å²) in [6.45, 7) is 2.26. The Labute approximate surface area is 138 Å². The Hall–Kier alpha value is -2.45. The van der Waals surface area contributed by atoms with Crippen LogP contribution < -0.4 is 10.6 Å². The summed E-state index contributed by atoms with van der Waals surface area (Å²) in [4.78, 5) is 11.9. The molecule has 24 heavy (non-hydrogen) atoms. The van der Waals surface area contributed by atoms with Crippen molar-refractivity contribution in [2.24, 2.45) is 0 Å². The maximum Gasteiger partial charge on any atom is 0.319 e. The Morgan fingerprint density at radius 1 is 1.38 bits per heavy atom. The quantitative estimate of drug-likeness (QED) is 0.871. The van der Waals surface area contributed by atoms with Gasteiger partial charge in [-0.1, -0.05) is 18.2 Å². The van der Waals surface area contributed by atoms with Gasteiger partial charge in [0.1, 0.15) is 5.82 Å². The van der Waals surface area contributed by atoms with Crippen LogP contribution in [0, 0.1) is 5.82 Å². The van der Waals surface area contributed by atoms with Crippen molar-refractivity contribution in [3.05, 3.63) is 48.0 Å². The molecule has 1 aromatic carbocycles. The number of carbonyl (C=O) groups excluding carboxylic acids is 1. The molecule has 1 atom stereocenters. The van der Waals surface area contributed by atoms with Crippen LogP contribution >= 0.6 is 0 Å². The molecule has 7 nitrogen and oxygen atoms in total. The fourth-order valence-electron chi connectivity index (χ4n) is 2.35. The summed E-state index contributed by atoms with van der Waals surface area (Å²) in [7, 11) is 0. The summed E-state index contributed by atoms with van der Waals surface area (Å²) in [6.07, 6.45) is 3.03. The smallest absolute Gasteiger partial charge is 0.319 e. The molecule has 1 aliphatic rings. The van der Waals surface area contributed by atoms with Crippen LogP contribution in [0.25, 0.3) is 0 Å². The second-order valence-electron chi connectivity index (χ2n) is 5.42. The summed E-state index contributed by atoms with van der Waals surface area (Å²) in [5, 5.41) is 9.51. The summed E-state index contributed by atoms with van der Waals surface area (Å²) >= 11 is 0. The lowest BCUT2D eigenvalue weighted by molar-refractivity contribution is -0.0852. The average molecular weight is 334 g/mol. The second-order valence-corrected chi connectivity index (χ2v) is 5.42. The van der Waals surface area contributed by atoms with Gasteiger partial charge >= 0.3 is 6.03 Å². The summed E-state index contributed by atoms with van der Waals surface area (Å²) in [5.41, 5.74) is 1.07. The van der Waals surface area contributed by atoms with E-state index in [9.17, 15) is 9.18 Å². The highest BCUT2D eigenvalue weighted by Gasteiger charge is 2.15. The van der Waals surface area contributed by atoms with Crippen LogP contribution in [0.1, 0.15) is 5.56 Å². The molecule has 0 radical (unpaired) electrons. The van der Waals surface area contributed by atoms with Crippen LogP contribution in [0.4, 0.5) is 14.9 Å². The first kappa shape index (κ1) is 16.4. The largest absolute Gasteiger partial charge is 0.376 e. The van der Waals surface area contributed by atoms with Gasteiger partial charge in [-0.15, -0.1) is 0 Å². The Morgan fingerprint density at radius 2 is 2.25 bits per heavy atom. The molecule has 1 aromatic heterocycles. The number of anilines is 1. The highest BCUT2D eigenvalue weighted by molar-refractivity contribution is 5.88. The predicted octanol–water partition coefficient (Wildman–Crippen LogP) is 1.61. The summed E-state index contributed by atoms with van der Waals surface area (Å²) in [5.74, 6) is -0.282. The molecule has 3 rings (SSSR count). The number of nitrogens with one attached hydrogen (secondary N) is 2. The van der Waals surface area contributed by atoms with Crippen LogP contribution in [-0.4, -0.2) is 48.3 Å².